The van der Waals surface area contributed by atoms with E-state index in [-0.39, 0.29) is 0 Å². The summed E-state index contributed by atoms with van der Waals surface area (Å²) in [7, 11) is -3.16. The third-order valence-electron chi connectivity index (χ3n) is 3.62. The average molecular weight is 312 g/mol. The summed E-state index contributed by atoms with van der Waals surface area (Å²) in [5.41, 5.74) is 8.26. The maximum atomic E-state index is 11.5. The average Bonchev–Trinajstić information content (AvgIpc) is 2.76. The van der Waals surface area contributed by atoms with Crippen molar-refractivity contribution in [2.45, 2.75) is 0 Å². The van der Waals surface area contributed by atoms with Crippen LogP contribution in [0.5, 0.6) is 0 Å². The Morgan fingerprint density at radius 1 is 1.24 bits per heavy atom. The van der Waals surface area contributed by atoms with Crippen LogP contribution < -0.4 is 16.4 Å². The molecule has 0 atom stereocenters. The molecule has 0 radical (unpaired) electrons. The van der Waals surface area contributed by atoms with Crippen LogP contribution in [0.3, 0.4) is 0 Å². The molecular formula is C12H16N4O4S. The van der Waals surface area contributed by atoms with E-state index in [2.05, 4.69) is 4.98 Å². The predicted octanol–water partition coefficient (Wildman–Crippen LogP) is -0.215. The third-order valence-corrected chi connectivity index (χ3v) is 4.92. The van der Waals surface area contributed by atoms with Gasteiger partial charge in [0.1, 0.15) is 0 Å². The highest BCUT2D eigenvalue weighted by atomic mass is 32.2. The van der Waals surface area contributed by atoms with Crippen molar-refractivity contribution in [1.29, 1.82) is 0 Å². The molecule has 1 aromatic heterocycles. The van der Waals surface area contributed by atoms with Gasteiger partial charge in [0.05, 0.1) is 23.1 Å². The van der Waals surface area contributed by atoms with Crippen LogP contribution in [0.15, 0.2) is 21.3 Å². The largest absolute Gasteiger partial charge is 0.417 e. The second kappa shape index (κ2) is 4.78. The molecule has 3 rings (SSSR count). The van der Waals surface area contributed by atoms with Crippen molar-refractivity contribution in [3.05, 3.63) is 22.7 Å². The summed E-state index contributed by atoms with van der Waals surface area (Å²) in [5.74, 6) is -0.525. The number of hydrogen-bond donors (Lipinski definition) is 2. The molecule has 114 valence electrons. The third kappa shape index (κ3) is 2.61. The minimum absolute atomic E-state index is 0.413. The van der Waals surface area contributed by atoms with Crippen LogP contribution >= 0.6 is 0 Å². The van der Waals surface area contributed by atoms with E-state index in [1.807, 2.05) is 4.90 Å². The van der Waals surface area contributed by atoms with Crippen molar-refractivity contribution in [2.24, 2.45) is 0 Å². The molecule has 2 heterocycles. The van der Waals surface area contributed by atoms with E-state index in [9.17, 15) is 13.2 Å². The van der Waals surface area contributed by atoms with Crippen molar-refractivity contribution in [3.8, 4) is 0 Å². The zero-order chi connectivity index (χ0) is 15.2. The van der Waals surface area contributed by atoms with E-state index < -0.39 is 15.8 Å². The van der Waals surface area contributed by atoms with Crippen LogP contribution in [-0.2, 0) is 10.0 Å². The second-order valence-electron chi connectivity index (χ2n) is 5.07. The lowest BCUT2D eigenvalue weighted by Crippen LogP contribution is -2.48. The van der Waals surface area contributed by atoms with Crippen LogP contribution in [0.1, 0.15) is 0 Å². The maximum absolute atomic E-state index is 11.5. The molecule has 3 N–H and O–H groups in total. The van der Waals surface area contributed by atoms with E-state index >= 15 is 0 Å². The van der Waals surface area contributed by atoms with Crippen molar-refractivity contribution < 1.29 is 12.8 Å². The molecule has 1 aromatic carbocycles. The van der Waals surface area contributed by atoms with Gasteiger partial charge >= 0.3 is 5.76 Å². The van der Waals surface area contributed by atoms with Gasteiger partial charge in [0, 0.05) is 32.2 Å². The Balaban J connectivity index is 1.88. The lowest BCUT2D eigenvalue weighted by Gasteiger charge is -2.35. The Labute approximate surface area is 121 Å². The fraction of sp³-hybridized carbons (Fsp3) is 0.417. The summed E-state index contributed by atoms with van der Waals surface area (Å²) in [6, 6.07) is 3.36. The molecule has 0 amide bonds. The smallest absolute Gasteiger partial charge is 0.408 e. The van der Waals surface area contributed by atoms with Gasteiger partial charge in [-0.05, 0) is 6.07 Å². The number of fused-ring (bicyclic) bond motifs is 1. The van der Waals surface area contributed by atoms with Crippen molar-refractivity contribution >= 4 is 32.5 Å². The first-order valence-corrected chi connectivity index (χ1v) is 8.32. The van der Waals surface area contributed by atoms with E-state index in [1.54, 1.807) is 12.1 Å². The number of hydrogen-bond acceptors (Lipinski definition) is 6. The van der Waals surface area contributed by atoms with Gasteiger partial charge in [-0.2, -0.15) is 4.31 Å². The molecule has 0 aliphatic carbocycles. The maximum Gasteiger partial charge on any atom is 0.417 e. The standard InChI is InChI=1S/C12H16N4O4S/c1-21(18,19)16-4-2-15(3-5-16)10-7-9-11(6-8(10)13)20-12(17)14-9/h6-7H,2-5,13H2,1H3,(H,14,17). The van der Waals surface area contributed by atoms with Gasteiger partial charge in [0.15, 0.2) is 5.58 Å². The molecule has 0 bridgehead atoms. The molecule has 1 fully saturated rings. The van der Waals surface area contributed by atoms with Crippen LogP contribution in [0.4, 0.5) is 11.4 Å². The topological polar surface area (TPSA) is 113 Å². The first kappa shape index (κ1) is 14.0. The van der Waals surface area contributed by atoms with E-state index in [0.29, 0.717) is 43.0 Å². The monoisotopic (exact) mass is 312 g/mol. The van der Waals surface area contributed by atoms with Crippen molar-refractivity contribution in [2.75, 3.05) is 43.1 Å². The fourth-order valence-electron chi connectivity index (χ4n) is 2.54. The summed E-state index contributed by atoms with van der Waals surface area (Å²) in [6.45, 7) is 1.92. The summed E-state index contributed by atoms with van der Waals surface area (Å²) in [6.07, 6.45) is 1.21. The molecule has 9 heteroatoms. The zero-order valence-electron chi connectivity index (χ0n) is 11.5. The molecule has 1 aliphatic heterocycles. The summed E-state index contributed by atoms with van der Waals surface area (Å²) >= 11 is 0. The quantitative estimate of drug-likeness (QED) is 0.742. The number of sulfonamides is 1. The molecule has 1 aliphatic rings. The number of nitrogens with one attached hydrogen (secondary N) is 1. The number of anilines is 2. The number of rotatable bonds is 2. The summed E-state index contributed by atoms with van der Waals surface area (Å²) in [5, 5.41) is 0. The number of H-pyrrole nitrogens is 1. The van der Waals surface area contributed by atoms with Gasteiger partial charge in [-0.3, -0.25) is 4.98 Å². The van der Waals surface area contributed by atoms with E-state index in [1.165, 1.54) is 10.6 Å². The molecular weight excluding hydrogens is 296 g/mol. The highest BCUT2D eigenvalue weighted by Crippen LogP contribution is 2.28. The Morgan fingerprint density at radius 2 is 1.90 bits per heavy atom. The molecule has 8 nitrogen and oxygen atoms in total. The lowest BCUT2D eigenvalue weighted by atomic mass is 10.2. The highest BCUT2D eigenvalue weighted by Gasteiger charge is 2.24. The number of nitrogens with zero attached hydrogens (tertiary/aromatic N) is 2. The zero-order valence-corrected chi connectivity index (χ0v) is 12.3. The summed E-state index contributed by atoms with van der Waals surface area (Å²) in [4.78, 5) is 15.8. The Bertz CT molecular complexity index is 831. The van der Waals surface area contributed by atoms with E-state index in [4.69, 9.17) is 10.2 Å². The van der Waals surface area contributed by atoms with Gasteiger partial charge in [0.25, 0.3) is 0 Å². The number of benzene rings is 1. The molecule has 0 unspecified atom stereocenters. The van der Waals surface area contributed by atoms with Crippen LogP contribution in [0.25, 0.3) is 11.1 Å². The SMILES string of the molecule is CS(=O)(=O)N1CCN(c2cc3[nH]c(=O)oc3cc2N)CC1. The number of aromatic amines is 1. The molecule has 21 heavy (non-hydrogen) atoms. The minimum atomic E-state index is -3.16. The van der Waals surface area contributed by atoms with Crippen molar-refractivity contribution in [3.63, 3.8) is 0 Å². The van der Waals surface area contributed by atoms with Crippen LogP contribution in [0.2, 0.25) is 0 Å². The molecule has 0 spiro atoms. The summed E-state index contributed by atoms with van der Waals surface area (Å²) < 4.78 is 29.4. The number of nitrogens with two attached hydrogens (primary N) is 1. The first-order chi connectivity index (χ1) is 9.84. The molecule has 0 saturated carbocycles. The highest BCUT2D eigenvalue weighted by molar-refractivity contribution is 7.88. The van der Waals surface area contributed by atoms with Gasteiger partial charge in [-0.25, -0.2) is 13.2 Å². The lowest BCUT2D eigenvalue weighted by molar-refractivity contribution is 0.388. The van der Waals surface area contributed by atoms with Gasteiger partial charge in [-0.1, -0.05) is 0 Å². The Morgan fingerprint density at radius 3 is 2.52 bits per heavy atom. The Hall–Kier alpha value is -2.00. The molecule has 1 saturated heterocycles. The number of aromatic nitrogens is 1. The van der Waals surface area contributed by atoms with Gasteiger partial charge in [0.2, 0.25) is 10.0 Å². The second-order valence-corrected chi connectivity index (χ2v) is 7.05. The minimum Gasteiger partial charge on any atom is -0.408 e. The van der Waals surface area contributed by atoms with Gasteiger partial charge in [-0.15, -0.1) is 0 Å². The van der Waals surface area contributed by atoms with Gasteiger partial charge < -0.3 is 15.1 Å². The van der Waals surface area contributed by atoms with Crippen molar-refractivity contribution in [1.82, 2.24) is 9.29 Å². The van der Waals surface area contributed by atoms with Crippen LogP contribution in [-0.4, -0.2) is 50.1 Å². The van der Waals surface area contributed by atoms with Crippen LogP contribution in [0, 0.1) is 0 Å². The number of oxazole rings is 1. The number of nitrogen functional groups attached to an aromatic ring is 1. The first-order valence-electron chi connectivity index (χ1n) is 6.47. The normalized spacial score (nSPS) is 17.5. The predicted molar refractivity (Wildman–Crippen MR) is 79.9 cm³/mol. The van der Waals surface area contributed by atoms with E-state index in [0.717, 1.165) is 5.69 Å². The molecule has 2 aromatic rings. The fourth-order valence-corrected chi connectivity index (χ4v) is 3.36. The number of piperazine rings is 1. The Kier molecular flexibility index (Phi) is 3.18.